The first-order chi connectivity index (χ1) is 12.0. The van der Waals surface area contributed by atoms with Crippen LogP contribution in [0.4, 0.5) is 5.69 Å². The number of sulfonamides is 1. The van der Waals surface area contributed by atoms with Gasteiger partial charge in [0, 0.05) is 18.5 Å². The standard InChI is InChI=1S/C18H22N2O4S/c21-17-11-13-25(23,24)20(17)16-8-6-15(7-9-16)18(22)19-12-10-14-4-2-1-3-5-14/h4,6-9H,1-3,5,10-13H2,(H,19,22). The van der Waals surface area contributed by atoms with Crippen molar-refractivity contribution in [1.29, 1.82) is 0 Å². The van der Waals surface area contributed by atoms with Crippen molar-refractivity contribution in [3.05, 3.63) is 41.5 Å². The van der Waals surface area contributed by atoms with E-state index in [1.807, 2.05) is 0 Å². The van der Waals surface area contributed by atoms with Crippen molar-refractivity contribution in [2.24, 2.45) is 0 Å². The molecule has 1 aliphatic carbocycles. The Hall–Kier alpha value is -2.15. The van der Waals surface area contributed by atoms with Crippen LogP contribution in [0.5, 0.6) is 0 Å². The van der Waals surface area contributed by atoms with E-state index >= 15 is 0 Å². The van der Waals surface area contributed by atoms with Gasteiger partial charge >= 0.3 is 0 Å². The van der Waals surface area contributed by atoms with Crippen LogP contribution in [0.15, 0.2) is 35.9 Å². The number of carbonyl (C=O) groups excluding carboxylic acids is 2. The monoisotopic (exact) mass is 362 g/mol. The molecule has 0 spiro atoms. The highest BCUT2D eigenvalue weighted by atomic mass is 32.2. The minimum absolute atomic E-state index is 0.000419. The number of hydrogen-bond acceptors (Lipinski definition) is 4. The Balaban J connectivity index is 1.59. The summed E-state index contributed by atoms with van der Waals surface area (Å²) in [6.07, 6.45) is 7.84. The second-order valence-corrected chi connectivity index (χ2v) is 8.32. The van der Waals surface area contributed by atoms with Gasteiger partial charge in [-0.3, -0.25) is 9.59 Å². The molecule has 134 valence electrons. The Morgan fingerprint density at radius 3 is 2.48 bits per heavy atom. The molecule has 0 saturated carbocycles. The molecule has 1 heterocycles. The highest BCUT2D eigenvalue weighted by Crippen LogP contribution is 2.25. The summed E-state index contributed by atoms with van der Waals surface area (Å²) in [5.41, 5.74) is 2.14. The lowest BCUT2D eigenvalue weighted by Crippen LogP contribution is -2.29. The first-order valence-electron chi connectivity index (χ1n) is 8.59. The first kappa shape index (κ1) is 17.7. The summed E-state index contributed by atoms with van der Waals surface area (Å²) in [5, 5.41) is 2.88. The van der Waals surface area contributed by atoms with Crippen LogP contribution in [-0.4, -0.2) is 32.5 Å². The van der Waals surface area contributed by atoms with Gasteiger partial charge < -0.3 is 5.32 Å². The number of amides is 2. The van der Waals surface area contributed by atoms with Gasteiger partial charge in [-0.2, -0.15) is 0 Å². The summed E-state index contributed by atoms with van der Waals surface area (Å²) in [6, 6.07) is 6.09. The smallest absolute Gasteiger partial charge is 0.251 e. The van der Waals surface area contributed by atoms with Crippen LogP contribution < -0.4 is 9.62 Å². The number of rotatable bonds is 5. The molecule has 1 fully saturated rings. The summed E-state index contributed by atoms with van der Waals surface area (Å²) >= 11 is 0. The lowest BCUT2D eigenvalue weighted by atomic mass is 9.97. The third-order valence-electron chi connectivity index (χ3n) is 4.56. The molecule has 1 saturated heterocycles. The predicted molar refractivity (Wildman–Crippen MR) is 95.8 cm³/mol. The minimum atomic E-state index is -3.57. The largest absolute Gasteiger partial charge is 0.352 e. The van der Waals surface area contributed by atoms with E-state index in [4.69, 9.17) is 0 Å². The fourth-order valence-corrected chi connectivity index (χ4v) is 4.65. The summed E-state index contributed by atoms with van der Waals surface area (Å²) in [5.74, 6) is -0.791. The Kier molecular flexibility index (Phi) is 5.22. The van der Waals surface area contributed by atoms with Crippen LogP contribution in [0.3, 0.4) is 0 Å². The van der Waals surface area contributed by atoms with Gasteiger partial charge in [-0.25, -0.2) is 12.7 Å². The molecule has 0 radical (unpaired) electrons. The molecule has 0 atom stereocenters. The highest BCUT2D eigenvalue weighted by Gasteiger charge is 2.36. The van der Waals surface area contributed by atoms with Gasteiger partial charge in [-0.05, 0) is 56.4 Å². The maximum atomic E-state index is 12.2. The third-order valence-corrected chi connectivity index (χ3v) is 6.25. The van der Waals surface area contributed by atoms with Crippen molar-refractivity contribution in [3.63, 3.8) is 0 Å². The van der Waals surface area contributed by atoms with Crippen molar-refractivity contribution < 1.29 is 18.0 Å². The maximum Gasteiger partial charge on any atom is 0.251 e. The van der Waals surface area contributed by atoms with Gasteiger partial charge in [0.05, 0.1) is 11.4 Å². The van der Waals surface area contributed by atoms with Crippen molar-refractivity contribution in [3.8, 4) is 0 Å². The van der Waals surface area contributed by atoms with E-state index in [1.165, 1.54) is 30.5 Å². The zero-order valence-electron chi connectivity index (χ0n) is 14.0. The molecular formula is C18H22N2O4S. The van der Waals surface area contributed by atoms with Crippen LogP contribution in [0.2, 0.25) is 0 Å². The maximum absolute atomic E-state index is 12.2. The highest BCUT2D eigenvalue weighted by molar-refractivity contribution is 7.94. The van der Waals surface area contributed by atoms with Gasteiger partial charge in [0.1, 0.15) is 0 Å². The molecule has 2 amide bonds. The van der Waals surface area contributed by atoms with Crippen LogP contribution in [0.1, 0.15) is 48.9 Å². The molecular weight excluding hydrogens is 340 g/mol. The number of benzene rings is 1. The topological polar surface area (TPSA) is 83.6 Å². The van der Waals surface area contributed by atoms with E-state index in [-0.39, 0.29) is 23.8 Å². The summed E-state index contributed by atoms with van der Waals surface area (Å²) in [7, 11) is -3.57. The molecule has 3 rings (SSSR count). The first-order valence-corrected chi connectivity index (χ1v) is 10.2. The molecule has 0 unspecified atom stereocenters. The second kappa shape index (κ2) is 7.39. The molecule has 0 bridgehead atoms. The average Bonchev–Trinajstić information content (AvgIpc) is 2.89. The summed E-state index contributed by atoms with van der Waals surface area (Å²) in [6.45, 7) is 0.589. The molecule has 6 nitrogen and oxygen atoms in total. The Morgan fingerprint density at radius 1 is 1.12 bits per heavy atom. The minimum Gasteiger partial charge on any atom is -0.352 e. The van der Waals surface area contributed by atoms with Gasteiger partial charge in [-0.1, -0.05) is 11.6 Å². The van der Waals surface area contributed by atoms with Crippen molar-refractivity contribution in [2.45, 2.75) is 38.5 Å². The zero-order chi connectivity index (χ0) is 17.9. The van der Waals surface area contributed by atoms with E-state index in [9.17, 15) is 18.0 Å². The fourth-order valence-electron chi connectivity index (χ4n) is 3.19. The normalized spacial score (nSPS) is 19.6. The van der Waals surface area contributed by atoms with E-state index in [0.29, 0.717) is 12.1 Å². The summed E-state index contributed by atoms with van der Waals surface area (Å²) in [4.78, 5) is 23.9. The SMILES string of the molecule is O=C(NCCC1=CCCCC1)c1ccc(N2C(=O)CCS2(=O)=O)cc1. The van der Waals surface area contributed by atoms with E-state index in [2.05, 4.69) is 11.4 Å². The molecule has 25 heavy (non-hydrogen) atoms. The molecule has 1 aliphatic heterocycles. The molecule has 1 N–H and O–H groups in total. The number of nitrogens with zero attached hydrogens (tertiary/aromatic N) is 1. The van der Waals surface area contributed by atoms with Crippen LogP contribution in [-0.2, 0) is 14.8 Å². The fraction of sp³-hybridized carbons (Fsp3) is 0.444. The zero-order valence-corrected chi connectivity index (χ0v) is 14.8. The van der Waals surface area contributed by atoms with Crippen molar-refractivity contribution in [2.75, 3.05) is 16.6 Å². The van der Waals surface area contributed by atoms with Crippen molar-refractivity contribution in [1.82, 2.24) is 5.32 Å². The number of anilines is 1. The van der Waals surface area contributed by atoms with Gasteiger partial charge in [0.25, 0.3) is 5.91 Å². The Morgan fingerprint density at radius 2 is 1.88 bits per heavy atom. The van der Waals surface area contributed by atoms with Crippen molar-refractivity contribution >= 4 is 27.5 Å². The number of nitrogens with one attached hydrogen (secondary N) is 1. The van der Waals surface area contributed by atoms with E-state index in [1.54, 1.807) is 12.1 Å². The molecule has 1 aromatic carbocycles. The van der Waals surface area contributed by atoms with Crippen LogP contribution in [0.25, 0.3) is 0 Å². The number of hydrogen-bond donors (Lipinski definition) is 1. The van der Waals surface area contributed by atoms with E-state index < -0.39 is 15.9 Å². The molecule has 0 aromatic heterocycles. The van der Waals surface area contributed by atoms with Gasteiger partial charge in [-0.15, -0.1) is 0 Å². The Bertz CT molecular complexity index is 797. The van der Waals surface area contributed by atoms with Gasteiger partial charge in [0.15, 0.2) is 0 Å². The van der Waals surface area contributed by atoms with E-state index in [0.717, 1.165) is 23.6 Å². The quantitative estimate of drug-likeness (QED) is 0.815. The second-order valence-electron chi connectivity index (χ2n) is 6.39. The van der Waals surface area contributed by atoms with Gasteiger partial charge in [0.2, 0.25) is 15.9 Å². The number of carbonyl (C=O) groups is 2. The molecule has 1 aromatic rings. The lowest BCUT2D eigenvalue weighted by molar-refractivity contribution is -0.116. The van der Waals surface area contributed by atoms with Crippen LogP contribution >= 0.6 is 0 Å². The average molecular weight is 362 g/mol. The lowest BCUT2D eigenvalue weighted by Gasteiger charge is -2.15. The predicted octanol–water partition coefficient (Wildman–Crippen LogP) is 2.37. The number of allylic oxidation sites excluding steroid dienone is 1. The summed E-state index contributed by atoms with van der Waals surface area (Å²) < 4.78 is 24.6. The molecule has 2 aliphatic rings. The van der Waals surface area contributed by atoms with Crippen LogP contribution in [0, 0.1) is 0 Å². The molecule has 7 heteroatoms. The Labute approximate surface area is 148 Å². The third kappa shape index (κ3) is 4.10.